The van der Waals surface area contributed by atoms with Gasteiger partial charge >= 0.3 is 0 Å². The van der Waals surface area contributed by atoms with Crippen molar-refractivity contribution in [2.75, 3.05) is 26.2 Å². The third-order valence-corrected chi connectivity index (χ3v) is 4.31. The van der Waals surface area contributed by atoms with Crippen molar-refractivity contribution in [3.05, 3.63) is 0 Å². The summed E-state index contributed by atoms with van der Waals surface area (Å²) in [6.07, 6.45) is 1.24. The van der Waals surface area contributed by atoms with E-state index in [0.717, 1.165) is 36.9 Å². The van der Waals surface area contributed by atoms with Crippen LogP contribution in [0.5, 0.6) is 0 Å². The Morgan fingerprint density at radius 3 is 2.25 bits per heavy atom. The summed E-state index contributed by atoms with van der Waals surface area (Å²) in [5, 5.41) is 3.53. The molecule has 4 atom stereocenters. The van der Waals surface area contributed by atoms with Crippen molar-refractivity contribution in [3.63, 3.8) is 0 Å². The molecule has 16 heavy (non-hydrogen) atoms. The summed E-state index contributed by atoms with van der Waals surface area (Å²) < 4.78 is 0. The molecule has 1 aliphatic rings. The second-order valence-corrected chi connectivity index (χ2v) is 5.83. The molecule has 0 amide bonds. The van der Waals surface area contributed by atoms with Crippen molar-refractivity contribution in [1.29, 1.82) is 0 Å². The van der Waals surface area contributed by atoms with Crippen LogP contribution in [0.15, 0.2) is 0 Å². The summed E-state index contributed by atoms with van der Waals surface area (Å²) in [6, 6.07) is 0.719. The molecule has 0 spiro atoms. The molecular formula is C14H30N2. The van der Waals surface area contributed by atoms with E-state index in [1.807, 2.05) is 0 Å². The van der Waals surface area contributed by atoms with Gasteiger partial charge in [-0.3, -0.25) is 4.90 Å². The highest BCUT2D eigenvalue weighted by molar-refractivity contribution is 4.84. The lowest BCUT2D eigenvalue weighted by Crippen LogP contribution is -2.40. The summed E-state index contributed by atoms with van der Waals surface area (Å²) in [5.41, 5.74) is 0. The van der Waals surface area contributed by atoms with Crippen molar-refractivity contribution < 1.29 is 0 Å². The Kier molecular flexibility index (Phi) is 5.77. The maximum absolute atomic E-state index is 3.53. The molecule has 1 rings (SSSR count). The Morgan fingerprint density at radius 1 is 1.19 bits per heavy atom. The topological polar surface area (TPSA) is 15.3 Å². The zero-order valence-corrected chi connectivity index (χ0v) is 11.8. The van der Waals surface area contributed by atoms with Crippen molar-refractivity contribution in [3.8, 4) is 0 Å². The van der Waals surface area contributed by atoms with Crippen LogP contribution in [0, 0.1) is 17.8 Å². The standard InChI is InChI=1S/C14H30N2/c1-6-7-15-8-11(2)14(5)16-9-12(3)13(4)10-16/h11-15H,6-10H2,1-5H3. The lowest BCUT2D eigenvalue weighted by molar-refractivity contribution is 0.188. The van der Waals surface area contributed by atoms with Gasteiger partial charge in [-0.25, -0.2) is 0 Å². The van der Waals surface area contributed by atoms with Crippen LogP contribution in [0.1, 0.15) is 41.0 Å². The molecule has 4 unspecified atom stereocenters. The first-order valence-electron chi connectivity index (χ1n) is 7.01. The van der Waals surface area contributed by atoms with Gasteiger partial charge in [-0.15, -0.1) is 0 Å². The van der Waals surface area contributed by atoms with E-state index in [1.54, 1.807) is 0 Å². The van der Waals surface area contributed by atoms with Crippen molar-refractivity contribution in [2.24, 2.45) is 17.8 Å². The molecule has 96 valence electrons. The fourth-order valence-electron chi connectivity index (χ4n) is 2.54. The summed E-state index contributed by atoms with van der Waals surface area (Å²) in [4.78, 5) is 2.67. The highest BCUT2D eigenvalue weighted by Gasteiger charge is 2.30. The molecule has 1 fully saturated rings. The predicted octanol–water partition coefficient (Wildman–Crippen LogP) is 2.60. The van der Waals surface area contributed by atoms with Gasteiger partial charge in [0.1, 0.15) is 0 Å². The average Bonchev–Trinajstić information content (AvgIpc) is 2.58. The predicted molar refractivity (Wildman–Crippen MR) is 71.7 cm³/mol. The van der Waals surface area contributed by atoms with Crippen LogP contribution in [0.2, 0.25) is 0 Å². The fourth-order valence-corrected chi connectivity index (χ4v) is 2.54. The smallest absolute Gasteiger partial charge is 0.0105 e. The molecule has 2 heteroatoms. The molecule has 1 aliphatic heterocycles. The van der Waals surface area contributed by atoms with Crippen LogP contribution in [-0.4, -0.2) is 37.1 Å². The monoisotopic (exact) mass is 226 g/mol. The average molecular weight is 226 g/mol. The van der Waals surface area contributed by atoms with Gasteiger partial charge in [-0.2, -0.15) is 0 Å². The highest BCUT2D eigenvalue weighted by atomic mass is 15.2. The van der Waals surface area contributed by atoms with E-state index >= 15 is 0 Å². The van der Waals surface area contributed by atoms with Gasteiger partial charge in [0, 0.05) is 19.1 Å². The van der Waals surface area contributed by atoms with E-state index in [0.29, 0.717) is 0 Å². The maximum Gasteiger partial charge on any atom is 0.0105 e. The quantitative estimate of drug-likeness (QED) is 0.700. The van der Waals surface area contributed by atoms with Crippen LogP contribution in [-0.2, 0) is 0 Å². The van der Waals surface area contributed by atoms with Crippen molar-refractivity contribution in [1.82, 2.24) is 10.2 Å². The van der Waals surface area contributed by atoms with E-state index in [1.165, 1.54) is 19.5 Å². The van der Waals surface area contributed by atoms with Crippen LogP contribution in [0.4, 0.5) is 0 Å². The number of rotatable bonds is 6. The van der Waals surface area contributed by atoms with E-state index in [9.17, 15) is 0 Å². The number of likely N-dealkylation sites (tertiary alicyclic amines) is 1. The van der Waals surface area contributed by atoms with E-state index in [-0.39, 0.29) is 0 Å². The summed E-state index contributed by atoms with van der Waals surface area (Å²) in [6.45, 7) is 16.7. The minimum absolute atomic E-state index is 0.719. The second kappa shape index (κ2) is 6.61. The summed E-state index contributed by atoms with van der Waals surface area (Å²) in [7, 11) is 0. The van der Waals surface area contributed by atoms with Crippen LogP contribution < -0.4 is 5.32 Å². The Morgan fingerprint density at radius 2 is 1.75 bits per heavy atom. The molecule has 2 nitrogen and oxygen atoms in total. The number of nitrogens with one attached hydrogen (secondary N) is 1. The first-order valence-corrected chi connectivity index (χ1v) is 7.01. The van der Waals surface area contributed by atoms with E-state index in [2.05, 4.69) is 44.8 Å². The Hall–Kier alpha value is -0.0800. The molecule has 0 aromatic heterocycles. The SMILES string of the molecule is CCCNCC(C)C(C)N1CC(C)C(C)C1. The molecule has 1 N–H and O–H groups in total. The molecule has 0 saturated carbocycles. The number of hydrogen-bond donors (Lipinski definition) is 1. The van der Waals surface area contributed by atoms with Crippen molar-refractivity contribution in [2.45, 2.75) is 47.1 Å². The van der Waals surface area contributed by atoms with Gasteiger partial charge in [-0.1, -0.05) is 27.7 Å². The van der Waals surface area contributed by atoms with Gasteiger partial charge in [0.15, 0.2) is 0 Å². The van der Waals surface area contributed by atoms with Gasteiger partial charge < -0.3 is 5.32 Å². The van der Waals surface area contributed by atoms with Gasteiger partial charge in [0.25, 0.3) is 0 Å². The minimum atomic E-state index is 0.719. The van der Waals surface area contributed by atoms with Crippen LogP contribution >= 0.6 is 0 Å². The Labute approximate surface area is 102 Å². The minimum Gasteiger partial charge on any atom is -0.316 e. The first-order chi connectivity index (χ1) is 7.56. The number of hydrogen-bond acceptors (Lipinski definition) is 2. The second-order valence-electron chi connectivity index (χ2n) is 5.83. The first kappa shape index (κ1) is 14.0. The third kappa shape index (κ3) is 3.74. The molecule has 0 radical (unpaired) electrons. The molecular weight excluding hydrogens is 196 g/mol. The molecule has 0 aromatic rings. The van der Waals surface area contributed by atoms with Gasteiger partial charge in [0.2, 0.25) is 0 Å². The fraction of sp³-hybridized carbons (Fsp3) is 1.00. The van der Waals surface area contributed by atoms with Crippen molar-refractivity contribution >= 4 is 0 Å². The molecule has 1 saturated heterocycles. The largest absolute Gasteiger partial charge is 0.316 e. The third-order valence-electron chi connectivity index (χ3n) is 4.31. The highest BCUT2D eigenvalue weighted by Crippen LogP contribution is 2.26. The normalized spacial score (nSPS) is 30.6. The Bertz CT molecular complexity index is 183. The molecule has 0 aliphatic carbocycles. The zero-order valence-electron chi connectivity index (χ0n) is 11.8. The molecule has 1 heterocycles. The number of nitrogens with zero attached hydrogens (tertiary/aromatic N) is 1. The lowest BCUT2D eigenvalue weighted by Gasteiger charge is -2.30. The zero-order chi connectivity index (χ0) is 12.1. The van der Waals surface area contributed by atoms with Crippen LogP contribution in [0.3, 0.4) is 0 Å². The summed E-state index contributed by atoms with van der Waals surface area (Å²) in [5.74, 6) is 2.50. The van der Waals surface area contributed by atoms with Gasteiger partial charge in [0.05, 0.1) is 0 Å². The van der Waals surface area contributed by atoms with E-state index in [4.69, 9.17) is 0 Å². The van der Waals surface area contributed by atoms with Crippen LogP contribution in [0.25, 0.3) is 0 Å². The van der Waals surface area contributed by atoms with Gasteiger partial charge in [-0.05, 0) is 44.2 Å². The van der Waals surface area contributed by atoms with E-state index < -0.39 is 0 Å². The lowest BCUT2D eigenvalue weighted by atomic mass is 10.0. The maximum atomic E-state index is 3.53. The molecule has 0 bridgehead atoms. The summed E-state index contributed by atoms with van der Waals surface area (Å²) >= 11 is 0. The molecule has 0 aromatic carbocycles. The Balaban J connectivity index is 2.30.